The van der Waals surface area contributed by atoms with E-state index in [9.17, 15) is 4.79 Å². The fourth-order valence-electron chi connectivity index (χ4n) is 3.28. The molecule has 0 unspecified atom stereocenters. The Morgan fingerprint density at radius 1 is 1.00 bits per heavy atom. The maximum atomic E-state index is 12.7. The van der Waals surface area contributed by atoms with Gasteiger partial charge in [0.15, 0.2) is 11.5 Å². The molecule has 2 heterocycles. The van der Waals surface area contributed by atoms with E-state index in [-0.39, 0.29) is 5.91 Å². The first-order chi connectivity index (χ1) is 13.2. The van der Waals surface area contributed by atoms with Gasteiger partial charge in [0.1, 0.15) is 0 Å². The number of halogens is 1. The molecule has 138 valence electrons. The second-order valence-electron chi connectivity index (χ2n) is 6.64. The van der Waals surface area contributed by atoms with Crippen molar-refractivity contribution in [2.75, 3.05) is 26.2 Å². The topological polar surface area (TPSA) is 49.6 Å². The highest BCUT2D eigenvalue weighted by atomic mass is 35.5. The summed E-state index contributed by atoms with van der Waals surface area (Å²) in [6.07, 6.45) is 0. The van der Waals surface area contributed by atoms with Crippen LogP contribution in [-0.4, -0.2) is 47.0 Å². The number of carbonyl (C=O) groups is 1. The van der Waals surface area contributed by atoms with Gasteiger partial charge >= 0.3 is 0 Å². The molecule has 1 aliphatic rings. The van der Waals surface area contributed by atoms with E-state index in [1.807, 2.05) is 53.4 Å². The molecule has 4 rings (SSSR count). The van der Waals surface area contributed by atoms with Gasteiger partial charge in [-0.25, -0.2) is 0 Å². The molecular weight excluding hydrogens is 362 g/mol. The molecule has 1 aromatic heterocycles. The molecule has 1 saturated heterocycles. The molecule has 1 aliphatic heterocycles. The standard InChI is InChI=1S/C21H20ClN3O2/c22-18-8-4-5-16(13-18)15-24-9-11-25(12-10-24)21(26)19-14-20(27-23-19)17-6-2-1-3-7-17/h1-8,13-14H,9-12,15H2. The normalized spacial score (nSPS) is 15.1. The van der Waals surface area contributed by atoms with Crippen LogP contribution in [0.1, 0.15) is 16.1 Å². The Morgan fingerprint density at radius 3 is 2.52 bits per heavy atom. The van der Waals surface area contributed by atoms with Gasteiger partial charge in [0, 0.05) is 49.4 Å². The third-order valence-corrected chi connectivity index (χ3v) is 4.98. The van der Waals surface area contributed by atoms with Gasteiger partial charge in [0.2, 0.25) is 0 Å². The van der Waals surface area contributed by atoms with Gasteiger partial charge in [-0.2, -0.15) is 0 Å². The SMILES string of the molecule is O=C(c1cc(-c2ccccc2)on1)N1CCN(Cc2cccc(Cl)c2)CC1. The average Bonchev–Trinajstić information content (AvgIpc) is 3.19. The molecular formula is C21H20ClN3O2. The van der Waals surface area contributed by atoms with E-state index in [2.05, 4.69) is 16.1 Å². The number of nitrogens with zero attached hydrogens (tertiary/aromatic N) is 3. The molecule has 0 spiro atoms. The first-order valence-electron chi connectivity index (χ1n) is 8.97. The largest absolute Gasteiger partial charge is 0.355 e. The first-order valence-corrected chi connectivity index (χ1v) is 9.35. The Labute approximate surface area is 163 Å². The molecule has 0 aliphatic carbocycles. The van der Waals surface area contributed by atoms with Crippen LogP contribution in [-0.2, 0) is 6.54 Å². The fraction of sp³-hybridized carbons (Fsp3) is 0.238. The van der Waals surface area contributed by atoms with Crippen LogP contribution < -0.4 is 0 Å². The number of aromatic nitrogens is 1. The number of hydrogen-bond donors (Lipinski definition) is 0. The molecule has 6 heteroatoms. The van der Waals surface area contributed by atoms with E-state index in [0.717, 1.165) is 30.2 Å². The van der Waals surface area contributed by atoms with Crippen LogP contribution in [0.4, 0.5) is 0 Å². The summed E-state index contributed by atoms with van der Waals surface area (Å²) in [5.41, 5.74) is 2.46. The molecule has 0 radical (unpaired) electrons. The van der Waals surface area contributed by atoms with Crippen molar-refractivity contribution in [1.29, 1.82) is 0 Å². The maximum Gasteiger partial charge on any atom is 0.276 e. The smallest absolute Gasteiger partial charge is 0.276 e. The van der Waals surface area contributed by atoms with Crippen LogP contribution in [0.25, 0.3) is 11.3 Å². The number of hydrogen-bond acceptors (Lipinski definition) is 4. The summed E-state index contributed by atoms with van der Waals surface area (Å²) in [7, 11) is 0. The summed E-state index contributed by atoms with van der Waals surface area (Å²) in [5.74, 6) is 0.530. The number of amides is 1. The van der Waals surface area contributed by atoms with Gasteiger partial charge in [-0.05, 0) is 17.7 Å². The van der Waals surface area contributed by atoms with Crippen molar-refractivity contribution in [2.24, 2.45) is 0 Å². The Kier molecular flexibility index (Phi) is 5.23. The molecule has 0 saturated carbocycles. The molecule has 1 fully saturated rings. The zero-order valence-corrected chi connectivity index (χ0v) is 15.6. The zero-order chi connectivity index (χ0) is 18.6. The fourth-order valence-corrected chi connectivity index (χ4v) is 3.49. The molecule has 27 heavy (non-hydrogen) atoms. The number of piperazine rings is 1. The van der Waals surface area contributed by atoms with Crippen molar-refractivity contribution >= 4 is 17.5 Å². The van der Waals surface area contributed by atoms with Crippen molar-refractivity contribution in [3.63, 3.8) is 0 Å². The Hall–Kier alpha value is -2.63. The van der Waals surface area contributed by atoms with Crippen LogP contribution in [0.2, 0.25) is 5.02 Å². The van der Waals surface area contributed by atoms with Gasteiger partial charge in [0.05, 0.1) is 0 Å². The summed E-state index contributed by atoms with van der Waals surface area (Å²) < 4.78 is 5.35. The third-order valence-electron chi connectivity index (χ3n) is 4.74. The molecule has 5 nitrogen and oxygen atoms in total. The zero-order valence-electron chi connectivity index (χ0n) is 14.8. The van der Waals surface area contributed by atoms with E-state index in [4.69, 9.17) is 16.1 Å². The van der Waals surface area contributed by atoms with Gasteiger partial charge < -0.3 is 9.42 Å². The predicted octanol–water partition coefficient (Wildman–Crippen LogP) is 3.95. The van der Waals surface area contributed by atoms with Gasteiger partial charge in [-0.3, -0.25) is 9.69 Å². The lowest BCUT2D eigenvalue weighted by atomic mass is 10.1. The molecule has 0 bridgehead atoms. The van der Waals surface area contributed by atoms with Gasteiger partial charge in [0.25, 0.3) is 5.91 Å². The average molecular weight is 382 g/mol. The highest BCUT2D eigenvalue weighted by molar-refractivity contribution is 6.30. The van der Waals surface area contributed by atoms with E-state index in [0.29, 0.717) is 24.5 Å². The monoisotopic (exact) mass is 381 g/mol. The summed E-state index contributed by atoms with van der Waals surface area (Å²) in [6.45, 7) is 3.83. The van der Waals surface area contributed by atoms with Crippen LogP contribution in [0.5, 0.6) is 0 Å². The molecule has 0 atom stereocenters. The van der Waals surface area contributed by atoms with Crippen molar-refractivity contribution in [3.05, 3.63) is 76.9 Å². The van der Waals surface area contributed by atoms with E-state index in [1.54, 1.807) is 6.07 Å². The van der Waals surface area contributed by atoms with E-state index < -0.39 is 0 Å². The summed E-state index contributed by atoms with van der Waals surface area (Å²) >= 11 is 6.05. The van der Waals surface area contributed by atoms with Crippen LogP contribution in [0, 0.1) is 0 Å². The highest BCUT2D eigenvalue weighted by Gasteiger charge is 2.24. The first kappa shape index (κ1) is 17.8. The van der Waals surface area contributed by atoms with Crippen LogP contribution >= 0.6 is 11.6 Å². The number of carbonyl (C=O) groups excluding carboxylic acids is 1. The quantitative estimate of drug-likeness (QED) is 0.686. The molecule has 2 aromatic carbocycles. The van der Waals surface area contributed by atoms with Crippen molar-refractivity contribution in [2.45, 2.75) is 6.54 Å². The Bertz CT molecular complexity index is 918. The second kappa shape index (κ2) is 7.94. The van der Waals surface area contributed by atoms with E-state index >= 15 is 0 Å². The number of benzene rings is 2. The summed E-state index contributed by atoms with van der Waals surface area (Å²) in [6, 6.07) is 19.3. The summed E-state index contributed by atoms with van der Waals surface area (Å²) in [5, 5.41) is 4.72. The maximum absolute atomic E-state index is 12.7. The van der Waals surface area contributed by atoms with Crippen LogP contribution in [0.15, 0.2) is 65.2 Å². The lowest BCUT2D eigenvalue weighted by Gasteiger charge is -2.34. The lowest BCUT2D eigenvalue weighted by Crippen LogP contribution is -2.48. The predicted molar refractivity (Wildman–Crippen MR) is 105 cm³/mol. The Balaban J connectivity index is 1.35. The molecule has 1 amide bonds. The minimum atomic E-state index is -0.0802. The van der Waals surface area contributed by atoms with Crippen LogP contribution in [0.3, 0.4) is 0 Å². The van der Waals surface area contributed by atoms with Crippen molar-refractivity contribution in [3.8, 4) is 11.3 Å². The molecule has 0 N–H and O–H groups in total. The highest BCUT2D eigenvalue weighted by Crippen LogP contribution is 2.21. The van der Waals surface area contributed by atoms with Crippen molar-refractivity contribution < 1.29 is 9.32 Å². The van der Waals surface area contributed by atoms with Gasteiger partial charge in [-0.1, -0.05) is 59.2 Å². The third kappa shape index (κ3) is 4.21. The van der Waals surface area contributed by atoms with Gasteiger partial charge in [-0.15, -0.1) is 0 Å². The second-order valence-corrected chi connectivity index (χ2v) is 7.08. The summed E-state index contributed by atoms with van der Waals surface area (Å²) in [4.78, 5) is 16.9. The van der Waals surface area contributed by atoms with E-state index in [1.165, 1.54) is 5.56 Å². The minimum Gasteiger partial charge on any atom is -0.355 e. The minimum absolute atomic E-state index is 0.0802. The molecule has 3 aromatic rings. The lowest BCUT2D eigenvalue weighted by molar-refractivity contribution is 0.0618. The van der Waals surface area contributed by atoms with Crippen molar-refractivity contribution in [1.82, 2.24) is 15.0 Å². The number of rotatable bonds is 4. The Morgan fingerprint density at radius 2 is 1.78 bits per heavy atom.